The Labute approximate surface area is 160 Å². The number of aryl methyl sites for hydroxylation is 1. The molecule has 0 unspecified atom stereocenters. The van der Waals surface area contributed by atoms with Crippen LogP contribution >= 0.6 is 0 Å². The minimum absolute atomic E-state index is 0.0299. The maximum Gasteiger partial charge on any atom is 0.153 e. The van der Waals surface area contributed by atoms with Gasteiger partial charge < -0.3 is 4.90 Å². The highest BCUT2D eigenvalue weighted by atomic mass is 19.1. The minimum Gasteiger partial charge on any atom is -0.371 e. The number of anilines is 1. The van der Waals surface area contributed by atoms with Crippen LogP contribution in [0.4, 0.5) is 10.1 Å². The lowest BCUT2D eigenvalue weighted by Gasteiger charge is -2.30. The van der Waals surface area contributed by atoms with E-state index in [1.165, 1.54) is 48.7 Å². The van der Waals surface area contributed by atoms with Crippen LogP contribution in [-0.2, 0) is 0 Å². The summed E-state index contributed by atoms with van der Waals surface area (Å²) in [4.78, 5) is 6.81. The number of benzene rings is 2. The molecule has 2 aromatic rings. The molecule has 3 nitrogen and oxygen atoms in total. The SMILES string of the molecule is C#Cc1ccc(F)cc1C(=N)N=C(C)c1ccc(N2CCCCC2)c(C)c1. The Morgan fingerprint density at radius 1 is 1.15 bits per heavy atom. The van der Waals surface area contributed by atoms with Crippen LogP contribution in [-0.4, -0.2) is 24.6 Å². The number of rotatable bonds is 3. The lowest BCUT2D eigenvalue weighted by molar-refractivity contribution is 0.577. The Balaban J connectivity index is 1.86. The summed E-state index contributed by atoms with van der Waals surface area (Å²) >= 11 is 0. The molecule has 0 aromatic heterocycles. The van der Waals surface area contributed by atoms with Crippen LogP contribution in [0.1, 0.15) is 48.4 Å². The number of aliphatic imine (C=N–C) groups is 1. The van der Waals surface area contributed by atoms with Crippen molar-refractivity contribution in [1.29, 1.82) is 5.41 Å². The van der Waals surface area contributed by atoms with E-state index in [1.807, 2.05) is 13.0 Å². The van der Waals surface area contributed by atoms with E-state index in [4.69, 9.17) is 11.8 Å². The molecule has 27 heavy (non-hydrogen) atoms. The number of piperidine rings is 1. The Morgan fingerprint density at radius 3 is 2.56 bits per heavy atom. The number of halogens is 1. The third-order valence-electron chi connectivity index (χ3n) is 4.98. The van der Waals surface area contributed by atoms with Gasteiger partial charge in [0.25, 0.3) is 0 Å². The van der Waals surface area contributed by atoms with Crippen LogP contribution in [0.3, 0.4) is 0 Å². The van der Waals surface area contributed by atoms with Crippen LogP contribution in [0.15, 0.2) is 41.4 Å². The highest BCUT2D eigenvalue weighted by Gasteiger charge is 2.14. The van der Waals surface area contributed by atoms with Crippen molar-refractivity contribution in [1.82, 2.24) is 0 Å². The average molecular weight is 361 g/mol. The third-order valence-corrected chi connectivity index (χ3v) is 4.98. The van der Waals surface area contributed by atoms with E-state index in [0.717, 1.165) is 18.7 Å². The van der Waals surface area contributed by atoms with Gasteiger partial charge in [0.1, 0.15) is 5.82 Å². The van der Waals surface area contributed by atoms with Crippen molar-refractivity contribution in [2.75, 3.05) is 18.0 Å². The zero-order valence-corrected chi connectivity index (χ0v) is 15.8. The number of terminal acetylenes is 1. The van der Waals surface area contributed by atoms with Crippen LogP contribution < -0.4 is 4.90 Å². The summed E-state index contributed by atoms with van der Waals surface area (Å²) in [7, 11) is 0. The van der Waals surface area contributed by atoms with Gasteiger partial charge in [-0.05, 0) is 74.6 Å². The molecular weight excluding hydrogens is 337 g/mol. The number of hydrogen-bond donors (Lipinski definition) is 1. The molecule has 1 saturated heterocycles. The van der Waals surface area contributed by atoms with Gasteiger partial charge in [-0.25, -0.2) is 9.38 Å². The van der Waals surface area contributed by atoms with Crippen molar-refractivity contribution in [2.24, 2.45) is 4.99 Å². The van der Waals surface area contributed by atoms with E-state index in [-0.39, 0.29) is 5.84 Å². The van der Waals surface area contributed by atoms with Crippen molar-refractivity contribution in [3.8, 4) is 12.3 Å². The molecule has 2 aromatic carbocycles. The van der Waals surface area contributed by atoms with E-state index in [1.54, 1.807) is 0 Å². The van der Waals surface area contributed by atoms with Gasteiger partial charge in [0, 0.05) is 35.6 Å². The normalized spacial score (nSPS) is 14.7. The Bertz CT molecular complexity index is 931. The summed E-state index contributed by atoms with van der Waals surface area (Å²) in [5.41, 5.74) is 4.93. The van der Waals surface area contributed by atoms with Gasteiger partial charge in [-0.2, -0.15) is 0 Å². The average Bonchev–Trinajstić information content (AvgIpc) is 2.68. The largest absolute Gasteiger partial charge is 0.371 e. The minimum atomic E-state index is -0.427. The first kappa shape index (κ1) is 18.8. The molecule has 0 aliphatic carbocycles. The zero-order valence-electron chi connectivity index (χ0n) is 15.8. The van der Waals surface area contributed by atoms with Crippen molar-refractivity contribution >= 4 is 17.2 Å². The molecule has 1 aliphatic rings. The van der Waals surface area contributed by atoms with Crippen LogP contribution in [0.2, 0.25) is 0 Å². The second-order valence-corrected chi connectivity index (χ2v) is 6.93. The van der Waals surface area contributed by atoms with Gasteiger partial charge in [0.2, 0.25) is 0 Å². The van der Waals surface area contributed by atoms with Crippen LogP contribution in [0.5, 0.6) is 0 Å². The molecule has 0 radical (unpaired) electrons. The fraction of sp³-hybridized carbons (Fsp3) is 0.304. The lowest BCUT2D eigenvalue weighted by atomic mass is 10.0. The number of hydrogen-bond acceptors (Lipinski definition) is 2. The van der Waals surface area contributed by atoms with Crippen molar-refractivity contribution in [3.63, 3.8) is 0 Å². The standard InChI is InChI=1S/C23H24FN3/c1-4-18-8-10-20(24)15-21(18)23(25)26-17(3)19-9-11-22(16(2)14-19)27-12-6-5-7-13-27/h1,8-11,14-15,25H,5-7,12-13H2,2-3H3. The summed E-state index contributed by atoms with van der Waals surface area (Å²) in [6, 6.07) is 10.3. The predicted molar refractivity (Wildman–Crippen MR) is 111 cm³/mol. The van der Waals surface area contributed by atoms with E-state index < -0.39 is 5.82 Å². The molecular formula is C23H24FN3. The lowest BCUT2D eigenvalue weighted by Crippen LogP contribution is -2.30. The smallest absolute Gasteiger partial charge is 0.153 e. The third kappa shape index (κ3) is 4.25. The second-order valence-electron chi connectivity index (χ2n) is 6.93. The van der Waals surface area contributed by atoms with Crippen molar-refractivity contribution < 1.29 is 4.39 Å². The summed E-state index contributed by atoms with van der Waals surface area (Å²) < 4.78 is 13.6. The monoisotopic (exact) mass is 361 g/mol. The molecule has 4 heteroatoms. The predicted octanol–water partition coefficient (Wildman–Crippen LogP) is 4.94. The molecule has 0 spiro atoms. The molecule has 1 aliphatic heterocycles. The summed E-state index contributed by atoms with van der Waals surface area (Å²) in [5.74, 6) is 2.03. The van der Waals surface area contributed by atoms with E-state index in [9.17, 15) is 4.39 Å². The molecule has 138 valence electrons. The Hall–Kier alpha value is -2.93. The zero-order chi connectivity index (χ0) is 19.4. The molecule has 0 bridgehead atoms. The maximum atomic E-state index is 13.6. The van der Waals surface area contributed by atoms with Crippen LogP contribution in [0, 0.1) is 30.5 Å². The maximum absolute atomic E-state index is 13.6. The fourth-order valence-corrected chi connectivity index (χ4v) is 3.50. The fourth-order valence-electron chi connectivity index (χ4n) is 3.50. The first-order valence-corrected chi connectivity index (χ1v) is 9.26. The molecule has 1 heterocycles. The number of nitrogens with one attached hydrogen (secondary N) is 1. The van der Waals surface area contributed by atoms with E-state index in [0.29, 0.717) is 16.8 Å². The Morgan fingerprint density at radius 2 is 1.89 bits per heavy atom. The summed E-state index contributed by atoms with van der Waals surface area (Å²) in [5, 5.41) is 8.25. The van der Waals surface area contributed by atoms with Crippen LogP contribution in [0.25, 0.3) is 0 Å². The highest BCUT2D eigenvalue weighted by Crippen LogP contribution is 2.25. The topological polar surface area (TPSA) is 39.5 Å². The summed E-state index contributed by atoms with van der Waals surface area (Å²) in [6.45, 7) is 6.17. The first-order chi connectivity index (χ1) is 13.0. The van der Waals surface area contributed by atoms with Gasteiger partial charge in [-0.1, -0.05) is 12.0 Å². The highest BCUT2D eigenvalue weighted by molar-refractivity contribution is 6.11. The molecule has 0 amide bonds. The second kappa shape index (κ2) is 8.18. The van der Waals surface area contributed by atoms with Gasteiger partial charge in [-0.3, -0.25) is 5.41 Å². The summed E-state index contributed by atoms with van der Waals surface area (Å²) in [6.07, 6.45) is 9.25. The van der Waals surface area contributed by atoms with Crippen molar-refractivity contribution in [3.05, 3.63) is 64.5 Å². The van der Waals surface area contributed by atoms with E-state index in [2.05, 4.69) is 34.9 Å². The van der Waals surface area contributed by atoms with Crippen molar-refractivity contribution in [2.45, 2.75) is 33.1 Å². The van der Waals surface area contributed by atoms with E-state index >= 15 is 0 Å². The molecule has 0 saturated carbocycles. The quantitative estimate of drug-likeness (QED) is 0.469. The number of nitrogens with zero attached hydrogens (tertiary/aromatic N) is 2. The van der Waals surface area contributed by atoms with Gasteiger partial charge in [0.15, 0.2) is 5.84 Å². The van der Waals surface area contributed by atoms with Gasteiger partial charge in [0.05, 0.1) is 0 Å². The molecule has 1 fully saturated rings. The molecule has 0 atom stereocenters. The Kier molecular flexibility index (Phi) is 5.71. The first-order valence-electron chi connectivity index (χ1n) is 9.26. The number of amidine groups is 1. The van der Waals surface area contributed by atoms with Gasteiger partial charge >= 0.3 is 0 Å². The molecule has 3 rings (SSSR count). The van der Waals surface area contributed by atoms with Gasteiger partial charge in [-0.15, -0.1) is 6.42 Å². The molecule has 1 N–H and O–H groups in total.